The Kier molecular flexibility index (Phi) is 2.94. The summed E-state index contributed by atoms with van der Waals surface area (Å²) in [5, 5.41) is 13.7. The molecule has 2 rings (SSSR count). The fourth-order valence-electron chi connectivity index (χ4n) is 1.43. The second-order valence-electron chi connectivity index (χ2n) is 4.62. The molecule has 0 radical (unpaired) electrons. The standard InChI is InChI=1S/C10H17N5S/c1-5(2)7(11)9-14-15-8(6(3)4)12-13-10(15)16-9/h5-7H,11H2,1-4H3. The highest BCUT2D eigenvalue weighted by molar-refractivity contribution is 7.16. The highest BCUT2D eigenvalue weighted by Gasteiger charge is 2.19. The Morgan fingerprint density at radius 3 is 2.44 bits per heavy atom. The van der Waals surface area contributed by atoms with Crippen LogP contribution in [0, 0.1) is 5.92 Å². The van der Waals surface area contributed by atoms with Crippen LogP contribution in [0.2, 0.25) is 0 Å². The van der Waals surface area contributed by atoms with E-state index in [1.165, 1.54) is 11.3 Å². The summed E-state index contributed by atoms with van der Waals surface area (Å²) in [6, 6.07) is -0.0216. The Balaban J connectivity index is 2.44. The van der Waals surface area contributed by atoms with Crippen molar-refractivity contribution in [1.82, 2.24) is 19.8 Å². The normalized spacial score (nSPS) is 14.2. The van der Waals surface area contributed by atoms with Crippen molar-refractivity contribution in [3.8, 4) is 0 Å². The zero-order chi connectivity index (χ0) is 11.9. The van der Waals surface area contributed by atoms with Crippen molar-refractivity contribution in [3.05, 3.63) is 10.8 Å². The van der Waals surface area contributed by atoms with E-state index in [1.807, 2.05) is 4.52 Å². The lowest BCUT2D eigenvalue weighted by atomic mass is 10.1. The number of nitrogens with zero attached hydrogens (tertiary/aromatic N) is 4. The molecule has 88 valence electrons. The molecule has 0 saturated carbocycles. The van der Waals surface area contributed by atoms with Gasteiger partial charge in [0.25, 0.3) is 0 Å². The van der Waals surface area contributed by atoms with Gasteiger partial charge in [-0.1, -0.05) is 39.0 Å². The number of fused-ring (bicyclic) bond motifs is 1. The van der Waals surface area contributed by atoms with E-state index in [1.54, 1.807) is 0 Å². The van der Waals surface area contributed by atoms with Crippen molar-refractivity contribution < 1.29 is 0 Å². The molecule has 0 amide bonds. The maximum atomic E-state index is 6.07. The Morgan fingerprint density at radius 1 is 1.19 bits per heavy atom. The molecular weight excluding hydrogens is 222 g/mol. The van der Waals surface area contributed by atoms with E-state index < -0.39 is 0 Å². The average molecular weight is 239 g/mol. The van der Waals surface area contributed by atoms with E-state index in [9.17, 15) is 0 Å². The van der Waals surface area contributed by atoms with Crippen molar-refractivity contribution in [2.24, 2.45) is 11.7 Å². The summed E-state index contributed by atoms with van der Waals surface area (Å²) in [6.07, 6.45) is 0. The highest BCUT2D eigenvalue weighted by atomic mass is 32.1. The molecule has 1 atom stereocenters. The first kappa shape index (κ1) is 11.5. The van der Waals surface area contributed by atoms with Crippen molar-refractivity contribution in [2.45, 2.75) is 39.7 Å². The Hall–Kier alpha value is -1.01. The summed E-state index contributed by atoms with van der Waals surface area (Å²) in [6.45, 7) is 8.35. The van der Waals surface area contributed by atoms with Crippen molar-refractivity contribution in [1.29, 1.82) is 0 Å². The summed E-state index contributed by atoms with van der Waals surface area (Å²) in [5.41, 5.74) is 6.07. The molecule has 0 fully saturated rings. The van der Waals surface area contributed by atoms with Gasteiger partial charge < -0.3 is 5.73 Å². The van der Waals surface area contributed by atoms with Crippen LogP contribution in [0.3, 0.4) is 0 Å². The van der Waals surface area contributed by atoms with Gasteiger partial charge in [0.15, 0.2) is 5.82 Å². The van der Waals surface area contributed by atoms with Crippen LogP contribution in [0.4, 0.5) is 0 Å². The highest BCUT2D eigenvalue weighted by Crippen LogP contribution is 2.25. The second kappa shape index (κ2) is 4.10. The van der Waals surface area contributed by atoms with Crippen LogP contribution in [0.15, 0.2) is 0 Å². The zero-order valence-corrected chi connectivity index (χ0v) is 10.8. The van der Waals surface area contributed by atoms with E-state index in [0.29, 0.717) is 11.8 Å². The molecule has 5 nitrogen and oxygen atoms in total. The minimum absolute atomic E-state index is 0.0216. The number of hydrogen-bond acceptors (Lipinski definition) is 5. The van der Waals surface area contributed by atoms with Crippen molar-refractivity contribution in [3.63, 3.8) is 0 Å². The van der Waals surface area contributed by atoms with Crippen LogP contribution in [0.25, 0.3) is 4.96 Å². The molecule has 2 aromatic rings. The van der Waals surface area contributed by atoms with Crippen molar-refractivity contribution >= 4 is 16.3 Å². The molecule has 16 heavy (non-hydrogen) atoms. The van der Waals surface area contributed by atoms with Gasteiger partial charge in [-0.3, -0.25) is 0 Å². The average Bonchev–Trinajstić information content (AvgIpc) is 2.73. The summed E-state index contributed by atoms with van der Waals surface area (Å²) < 4.78 is 1.81. The first-order chi connectivity index (χ1) is 7.50. The van der Waals surface area contributed by atoms with E-state index >= 15 is 0 Å². The molecule has 0 aliphatic rings. The van der Waals surface area contributed by atoms with E-state index in [2.05, 4.69) is 43.0 Å². The molecular formula is C10H17N5S. The topological polar surface area (TPSA) is 69.1 Å². The first-order valence-corrected chi connectivity index (χ1v) is 6.30. The minimum atomic E-state index is -0.0216. The lowest BCUT2D eigenvalue weighted by Gasteiger charge is -2.10. The predicted molar refractivity (Wildman–Crippen MR) is 64.5 cm³/mol. The quantitative estimate of drug-likeness (QED) is 0.889. The summed E-state index contributed by atoms with van der Waals surface area (Å²) in [7, 11) is 0. The molecule has 6 heteroatoms. The Labute approximate surface area is 98.7 Å². The molecule has 0 aliphatic heterocycles. The van der Waals surface area contributed by atoms with Crippen LogP contribution >= 0.6 is 11.3 Å². The van der Waals surface area contributed by atoms with Gasteiger partial charge in [0.1, 0.15) is 5.01 Å². The van der Waals surface area contributed by atoms with Gasteiger partial charge in [-0.25, -0.2) is 0 Å². The van der Waals surface area contributed by atoms with E-state index in [-0.39, 0.29) is 6.04 Å². The van der Waals surface area contributed by atoms with Gasteiger partial charge in [0, 0.05) is 5.92 Å². The van der Waals surface area contributed by atoms with Crippen LogP contribution in [-0.4, -0.2) is 19.8 Å². The zero-order valence-electron chi connectivity index (χ0n) is 10.0. The molecule has 0 spiro atoms. The maximum absolute atomic E-state index is 6.07. The Morgan fingerprint density at radius 2 is 1.88 bits per heavy atom. The Bertz CT molecular complexity index is 484. The summed E-state index contributed by atoms with van der Waals surface area (Å²) in [5.74, 6) is 1.60. The van der Waals surface area contributed by atoms with Crippen LogP contribution in [-0.2, 0) is 0 Å². The number of hydrogen-bond donors (Lipinski definition) is 1. The van der Waals surface area contributed by atoms with Gasteiger partial charge >= 0.3 is 0 Å². The smallest absolute Gasteiger partial charge is 0.234 e. The first-order valence-electron chi connectivity index (χ1n) is 5.48. The molecule has 2 heterocycles. The lowest BCUT2D eigenvalue weighted by Crippen LogP contribution is -2.16. The number of rotatable bonds is 3. The van der Waals surface area contributed by atoms with Crippen LogP contribution < -0.4 is 5.73 Å². The molecule has 0 aliphatic carbocycles. The maximum Gasteiger partial charge on any atom is 0.234 e. The molecule has 2 N–H and O–H groups in total. The van der Waals surface area contributed by atoms with Gasteiger partial charge in [0.2, 0.25) is 4.96 Å². The van der Waals surface area contributed by atoms with Crippen LogP contribution in [0.5, 0.6) is 0 Å². The van der Waals surface area contributed by atoms with Gasteiger partial charge in [-0.2, -0.15) is 9.61 Å². The third kappa shape index (κ3) is 1.82. The van der Waals surface area contributed by atoms with E-state index in [4.69, 9.17) is 5.73 Å². The SMILES string of the molecule is CC(C)c1nnc2sc(C(N)C(C)C)nn12. The van der Waals surface area contributed by atoms with Gasteiger partial charge in [0.05, 0.1) is 6.04 Å². The monoisotopic (exact) mass is 239 g/mol. The predicted octanol–water partition coefficient (Wildman–Crippen LogP) is 1.97. The minimum Gasteiger partial charge on any atom is -0.322 e. The fraction of sp³-hybridized carbons (Fsp3) is 0.700. The third-order valence-electron chi connectivity index (χ3n) is 2.55. The largest absolute Gasteiger partial charge is 0.322 e. The second-order valence-corrected chi connectivity index (χ2v) is 5.60. The molecule has 0 saturated heterocycles. The fourth-order valence-corrected chi connectivity index (χ4v) is 2.45. The van der Waals surface area contributed by atoms with Crippen LogP contribution in [0.1, 0.15) is 50.5 Å². The van der Waals surface area contributed by atoms with Gasteiger partial charge in [-0.15, -0.1) is 10.2 Å². The molecule has 1 unspecified atom stereocenters. The molecule has 0 bridgehead atoms. The summed E-state index contributed by atoms with van der Waals surface area (Å²) >= 11 is 1.53. The molecule has 2 aromatic heterocycles. The number of aromatic nitrogens is 4. The van der Waals surface area contributed by atoms with Gasteiger partial charge in [-0.05, 0) is 5.92 Å². The number of nitrogens with two attached hydrogens (primary N) is 1. The van der Waals surface area contributed by atoms with E-state index in [0.717, 1.165) is 15.8 Å². The summed E-state index contributed by atoms with van der Waals surface area (Å²) in [4.78, 5) is 0.829. The lowest BCUT2D eigenvalue weighted by molar-refractivity contribution is 0.505. The molecule has 0 aromatic carbocycles. The van der Waals surface area contributed by atoms with Crippen molar-refractivity contribution in [2.75, 3.05) is 0 Å². The third-order valence-corrected chi connectivity index (χ3v) is 3.55.